The molecular weight excluding hydrogens is 283 g/mol. The molecule has 3 aromatic rings. The Bertz CT molecular complexity index is 802. The molecule has 0 atom stereocenters. The maximum Gasteiger partial charge on any atom is 0.260 e. The molecule has 5 nitrogen and oxygen atoms in total. The number of anilines is 1. The molecule has 2 heterocycles. The molecule has 0 aliphatic rings. The van der Waals surface area contributed by atoms with Gasteiger partial charge in [-0.15, -0.1) is 0 Å². The first-order valence-electron chi connectivity index (χ1n) is 5.70. The van der Waals surface area contributed by atoms with Crippen LogP contribution in [-0.2, 0) is 0 Å². The number of nitrogens with one attached hydrogen (secondary N) is 2. The minimum Gasteiger partial charge on any atom is -0.304 e. The summed E-state index contributed by atoms with van der Waals surface area (Å²) in [6, 6.07) is 8.33. The van der Waals surface area contributed by atoms with Gasteiger partial charge in [0.2, 0.25) is 0 Å². The smallest absolute Gasteiger partial charge is 0.260 e. The molecule has 0 radical (unpaired) electrons. The Morgan fingerprint density at radius 1 is 1.35 bits per heavy atom. The highest BCUT2D eigenvalue weighted by Gasteiger charge is 2.15. The van der Waals surface area contributed by atoms with Crippen molar-refractivity contribution in [3.8, 4) is 0 Å². The van der Waals surface area contributed by atoms with E-state index in [0.717, 1.165) is 23.2 Å². The summed E-state index contributed by atoms with van der Waals surface area (Å²) in [4.78, 5) is 15.7. The average Bonchev–Trinajstić information content (AvgIpc) is 2.85. The van der Waals surface area contributed by atoms with Crippen LogP contribution in [0.1, 0.15) is 10.4 Å². The second kappa shape index (κ2) is 4.90. The zero-order valence-corrected chi connectivity index (χ0v) is 10.8. The number of benzene rings is 1. The normalized spacial score (nSPS) is 10.7. The quantitative estimate of drug-likeness (QED) is 0.713. The van der Waals surface area contributed by atoms with Crippen molar-refractivity contribution in [2.24, 2.45) is 0 Å². The van der Waals surface area contributed by atoms with Gasteiger partial charge < -0.3 is 5.32 Å². The van der Waals surface area contributed by atoms with Crippen molar-refractivity contribution < 1.29 is 9.18 Å². The molecule has 1 aromatic carbocycles. The van der Waals surface area contributed by atoms with Crippen molar-refractivity contribution in [2.75, 3.05) is 5.32 Å². The number of amides is 1. The fourth-order valence-electron chi connectivity index (χ4n) is 1.82. The summed E-state index contributed by atoms with van der Waals surface area (Å²) in [6.45, 7) is 0. The van der Waals surface area contributed by atoms with E-state index in [4.69, 9.17) is 11.6 Å². The van der Waals surface area contributed by atoms with Crippen molar-refractivity contribution in [2.45, 2.75) is 0 Å². The number of carbonyl (C=O) groups is 1. The number of hydrogen-bond donors (Lipinski definition) is 2. The lowest BCUT2D eigenvalue weighted by Crippen LogP contribution is -2.14. The first kappa shape index (κ1) is 12.6. The van der Waals surface area contributed by atoms with Gasteiger partial charge in [0, 0.05) is 5.39 Å². The summed E-state index contributed by atoms with van der Waals surface area (Å²) in [5.74, 6) is -0.850. The van der Waals surface area contributed by atoms with E-state index in [1.54, 1.807) is 6.07 Å². The van der Waals surface area contributed by atoms with Crippen molar-refractivity contribution in [1.29, 1.82) is 0 Å². The van der Waals surface area contributed by atoms with Gasteiger partial charge >= 0.3 is 0 Å². The van der Waals surface area contributed by atoms with Crippen LogP contribution in [0, 0.1) is 5.82 Å². The Balaban J connectivity index is 1.94. The lowest BCUT2D eigenvalue weighted by atomic mass is 10.2. The molecule has 0 fully saturated rings. The van der Waals surface area contributed by atoms with Gasteiger partial charge in [0.05, 0.1) is 17.3 Å². The van der Waals surface area contributed by atoms with Crippen molar-refractivity contribution in [3.05, 3.63) is 53.1 Å². The third-order valence-corrected chi connectivity index (χ3v) is 3.05. The van der Waals surface area contributed by atoms with Gasteiger partial charge in [-0.1, -0.05) is 23.7 Å². The molecule has 0 saturated heterocycles. The highest BCUT2D eigenvalue weighted by atomic mass is 35.5. The third kappa shape index (κ3) is 2.21. The van der Waals surface area contributed by atoms with Crippen LogP contribution in [0.15, 0.2) is 36.5 Å². The average molecular weight is 291 g/mol. The van der Waals surface area contributed by atoms with E-state index in [0.29, 0.717) is 5.82 Å². The summed E-state index contributed by atoms with van der Waals surface area (Å²) in [5, 5.41) is 10.0. The predicted molar refractivity (Wildman–Crippen MR) is 73.3 cm³/mol. The lowest BCUT2D eigenvalue weighted by molar-refractivity contribution is 0.102. The maximum absolute atomic E-state index is 13.1. The van der Waals surface area contributed by atoms with Crippen LogP contribution in [0.2, 0.25) is 5.15 Å². The van der Waals surface area contributed by atoms with Gasteiger partial charge in [-0.05, 0) is 18.2 Å². The second-order valence-corrected chi connectivity index (χ2v) is 4.42. The SMILES string of the molecule is O=C(Nc1n[nH]c2ccccc12)c1cc(F)cnc1Cl. The van der Waals surface area contributed by atoms with Gasteiger partial charge in [-0.25, -0.2) is 9.37 Å². The summed E-state index contributed by atoms with van der Waals surface area (Å²) in [5.41, 5.74) is 0.741. The number of nitrogens with zero attached hydrogens (tertiary/aromatic N) is 2. The van der Waals surface area contributed by atoms with Gasteiger partial charge in [-0.2, -0.15) is 5.10 Å². The number of halogens is 2. The number of aromatic amines is 1. The molecule has 0 saturated carbocycles. The van der Waals surface area contributed by atoms with Crippen LogP contribution >= 0.6 is 11.6 Å². The molecule has 2 N–H and O–H groups in total. The monoisotopic (exact) mass is 290 g/mol. The fourth-order valence-corrected chi connectivity index (χ4v) is 2.00. The van der Waals surface area contributed by atoms with Gasteiger partial charge in [-0.3, -0.25) is 9.89 Å². The zero-order valence-electron chi connectivity index (χ0n) is 10.0. The Morgan fingerprint density at radius 2 is 2.15 bits per heavy atom. The molecule has 100 valence electrons. The lowest BCUT2D eigenvalue weighted by Gasteiger charge is -2.04. The topological polar surface area (TPSA) is 70.7 Å². The second-order valence-electron chi connectivity index (χ2n) is 4.06. The number of pyridine rings is 1. The number of H-pyrrole nitrogens is 1. The first-order valence-corrected chi connectivity index (χ1v) is 6.08. The first-order chi connectivity index (χ1) is 9.65. The van der Waals surface area contributed by atoms with Crippen molar-refractivity contribution in [3.63, 3.8) is 0 Å². The molecule has 0 aliphatic carbocycles. The Hall–Kier alpha value is -2.47. The molecule has 7 heteroatoms. The summed E-state index contributed by atoms with van der Waals surface area (Å²) < 4.78 is 13.1. The van der Waals surface area contributed by atoms with E-state index in [-0.39, 0.29) is 10.7 Å². The Morgan fingerprint density at radius 3 is 3.00 bits per heavy atom. The molecule has 1 amide bonds. The molecule has 20 heavy (non-hydrogen) atoms. The minimum absolute atomic E-state index is 0.0428. The number of fused-ring (bicyclic) bond motifs is 1. The number of aromatic nitrogens is 3. The number of hydrogen-bond acceptors (Lipinski definition) is 3. The van der Waals surface area contributed by atoms with Crippen LogP contribution in [0.25, 0.3) is 10.9 Å². The summed E-state index contributed by atoms with van der Waals surface area (Å²) in [7, 11) is 0. The molecule has 0 aliphatic heterocycles. The van der Waals surface area contributed by atoms with Gasteiger partial charge in [0.15, 0.2) is 5.82 Å². The van der Waals surface area contributed by atoms with Crippen LogP contribution in [0.4, 0.5) is 10.2 Å². The van der Waals surface area contributed by atoms with E-state index >= 15 is 0 Å². The van der Waals surface area contributed by atoms with E-state index in [1.165, 1.54) is 0 Å². The molecule has 3 rings (SSSR count). The molecule has 0 bridgehead atoms. The van der Waals surface area contributed by atoms with E-state index in [9.17, 15) is 9.18 Å². The summed E-state index contributed by atoms with van der Waals surface area (Å²) >= 11 is 5.78. The Labute approximate surface area is 117 Å². The third-order valence-electron chi connectivity index (χ3n) is 2.75. The molecule has 2 aromatic heterocycles. The van der Waals surface area contributed by atoms with E-state index in [1.807, 2.05) is 18.2 Å². The highest BCUT2D eigenvalue weighted by Crippen LogP contribution is 2.21. The Kier molecular flexibility index (Phi) is 3.08. The molecule has 0 unspecified atom stereocenters. The molecular formula is C13H8ClFN4O. The minimum atomic E-state index is -0.633. The van der Waals surface area contributed by atoms with E-state index < -0.39 is 11.7 Å². The fraction of sp³-hybridized carbons (Fsp3) is 0. The largest absolute Gasteiger partial charge is 0.304 e. The number of rotatable bonds is 2. The van der Waals surface area contributed by atoms with Crippen LogP contribution in [-0.4, -0.2) is 21.1 Å². The standard InChI is InChI=1S/C13H8ClFN4O/c14-11-9(5-7(15)6-16-11)13(20)17-12-8-3-1-2-4-10(8)18-19-12/h1-6H,(H2,17,18,19,20). The summed E-state index contributed by atoms with van der Waals surface area (Å²) in [6.07, 6.45) is 0.947. The van der Waals surface area contributed by atoms with E-state index in [2.05, 4.69) is 20.5 Å². The highest BCUT2D eigenvalue weighted by molar-refractivity contribution is 6.33. The number of carbonyl (C=O) groups excluding carboxylic acids is 1. The zero-order chi connectivity index (χ0) is 14.1. The van der Waals surface area contributed by atoms with Crippen LogP contribution < -0.4 is 5.32 Å². The van der Waals surface area contributed by atoms with Gasteiger partial charge in [0.25, 0.3) is 5.91 Å². The van der Waals surface area contributed by atoms with Crippen LogP contribution in [0.5, 0.6) is 0 Å². The van der Waals surface area contributed by atoms with Crippen molar-refractivity contribution in [1.82, 2.24) is 15.2 Å². The van der Waals surface area contributed by atoms with Crippen molar-refractivity contribution >= 4 is 34.2 Å². The number of para-hydroxylation sites is 1. The maximum atomic E-state index is 13.1. The predicted octanol–water partition coefficient (Wildman–Crippen LogP) is 3.00. The van der Waals surface area contributed by atoms with Crippen LogP contribution in [0.3, 0.4) is 0 Å². The molecule has 0 spiro atoms. The van der Waals surface area contributed by atoms with Gasteiger partial charge in [0.1, 0.15) is 11.0 Å².